The summed E-state index contributed by atoms with van der Waals surface area (Å²) >= 11 is 5.76. The lowest BCUT2D eigenvalue weighted by molar-refractivity contribution is 0.460. The van der Waals surface area contributed by atoms with Gasteiger partial charge in [0.05, 0.1) is 11.7 Å². The molecule has 2 heterocycles. The van der Waals surface area contributed by atoms with Gasteiger partial charge in [0.2, 0.25) is 5.88 Å². The Hall–Kier alpha value is -2.20. The van der Waals surface area contributed by atoms with Crippen molar-refractivity contribution >= 4 is 22.5 Å². The Kier molecular flexibility index (Phi) is 2.78. The Morgan fingerprint density at radius 3 is 2.78 bits per heavy atom. The Morgan fingerprint density at radius 1 is 1.00 bits per heavy atom. The number of rotatable bonds is 2. The van der Waals surface area contributed by atoms with Crippen molar-refractivity contribution in [2.24, 2.45) is 0 Å². The largest absolute Gasteiger partial charge is 0.437 e. The van der Waals surface area contributed by atoms with Crippen molar-refractivity contribution in [3.63, 3.8) is 0 Å². The topological polar surface area (TPSA) is 47.9 Å². The summed E-state index contributed by atoms with van der Waals surface area (Å²) in [5.74, 6) is 1.01. The fraction of sp³-hybridized carbons (Fsp3) is 0. The van der Waals surface area contributed by atoms with Crippen LogP contribution in [0.5, 0.6) is 11.6 Å². The highest BCUT2D eigenvalue weighted by molar-refractivity contribution is 6.29. The zero-order valence-electron chi connectivity index (χ0n) is 9.25. The highest BCUT2D eigenvalue weighted by Crippen LogP contribution is 2.23. The Balaban J connectivity index is 1.95. The van der Waals surface area contributed by atoms with Crippen LogP contribution in [-0.2, 0) is 0 Å². The number of hydrogen-bond donors (Lipinski definition) is 0. The summed E-state index contributed by atoms with van der Waals surface area (Å²) in [5.41, 5.74) is 0.922. The van der Waals surface area contributed by atoms with E-state index >= 15 is 0 Å². The van der Waals surface area contributed by atoms with Gasteiger partial charge in [0.1, 0.15) is 17.2 Å². The quantitative estimate of drug-likeness (QED) is 0.660. The summed E-state index contributed by atoms with van der Waals surface area (Å²) in [7, 11) is 0. The molecule has 0 aliphatic heterocycles. The van der Waals surface area contributed by atoms with Crippen molar-refractivity contribution in [1.29, 1.82) is 0 Å². The van der Waals surface area contributed by atoms with Gasteiger partial charge in [-0.3, -0.25) is 4.98 Å². The number of para-hydroxylation sites is 1. The molecule has 88 valence electrons. The molecule has 0 unspecified atom stereocenters. The first-order valence-corrected chi connectivity index (χ1v) is 5.69. The zero-order chi connectivity index (χ0) is 12.4. The van der Waals surface area contributed by atoms with Crippen LogP contribution in [0.15, 0.2) is 48.9 Å². The minimum atomic E-state index is 0.341. The number of ether oxygens (including phenoxy) is 1. The average molecular weight is 258 g/mol. The molecule has 0 bridgehead atoms. The molecule has 4 nitrogen and oxygen atoms in total. The molecule has 1 aromatic carbocycles. The van der Waals surface area contributed by atoms with E-state index in [0.29, 0.717) is 16.8 Å². The molecule has 3 aromatic rings. The Morgan fingerprint density at radius 2 is 1.89 bits per heavy atom. The maximum Gasteiger partial charge on any atom is 0.223 e. The molecule has 2 aromatic heterocycles. The normalized spacial score (nSPS) is 10.5. The third kappa shape index (κ3) is 2.24. The predicted molar refractivity (Wildman–Crippen MR) is 68.9 cm³/mol. The second kappa shape index (κ2) is 4.58. The first kappa shape index (κ1) is 10.9. The van der Waals surface area contributed by atoms with Gasteiger partial charge in [0, 0.05) is 11.5 Å². The van der Waals surface area contributed by atoms with E-state index in [2.05, 4.69) is 15.0 Å². The molecule has 0 amide bonds. The molecular weight excluding hydrogens is 250 g/mol. The lowest BCUT2D eigenvalue weighted by Crippen LogP contribution is -1.90. The maximum absolute atomic E-state index is 5.76. The standard InChI is InChI=1S/C13H8ClN3O/c14-12-6-13(17-8-16-12)18-10-5-9-3-1-2-4-11(9)15-7-10/h1-8H. The van der Waals surface area contributed by atoms with Crippen LogP contribution in [0.1, 0.15) is 0 Å². The molecule has 0 radical (unpaired) electrons. The van der Waals surface area contributed by atoms with E-state index in [-0.39, 0.29) is 0 Å². The number of pyridine rings is 1. The summed E-state index contributed by atoms with van der Waals surface area (Å²) in [4.78, 5) is 12.1. The van der Waals surface area contributed by atoms with Gasteiger partial charge in [0.25, 0.3) is 0 Å². The van der Waals surface area contributed by atoms with E-state index in [1.165, 1.54) is 6.33 Å². The molecule has 0 fully saturated rings. The number of hydrogen-bond acceptors (Lipinski definition) is 4. The Bertz CT molecular complexity index is 702. The second-order valence-corrected chi connectivity index (χ2v) is 4.03. The van der Waals surface area contributed by atoms with Crippen LogP contribution in [-0.4, -0.2) is 15.0 Å². The van der Waals surface area contributed by atoms with Crippen LogP contribution in [0.25, 0.3) is 10.9 Å². The van der Waals surface area contributed by atoms with E-state index in [1.54, 1.807) is 12.3 Å². The second-order valence-electron chi connectivity index (χ2n) is 3.64. The smallest absolute Gasteiger partial charge is 0.223 e. The van der Waals surface area contributed by atoms with Crippen molar-refractivity contribution in [3.05, 3.63) is 54.1 Å². The van der Waals surface area contributed by atoms with Crippen molar-refractivity contribution in [2.75, 3.05) is 0 Å². The van der Waals surface area contributed by atoms with Crippen LogP contribution in [0.2, 0.25) is 5.15 Å². The summed E-state index contributed by atoms with van der Waals surface area (Å²) in [6.07, 6.45) is 3.00. The van der Waals surface area contributed by atoms with Crippen molar-refractivity contribution in [1.82, 2.24) is 15.0 Å². The number of benzene rings is 1. The van der Waals surface area contributed by atoms with Crippen LogP contribution < -0.4 is 4.74 Å². The van der Waals surface area contributed by atoms with Gasteiger partial charge in [-0.1, -0.05) is 29.8 Å². The molecule has 0 aliphatic carbocycles. The van der Waals surface area contributed by atoms with E-state index in [1.807, 2.05) is 30.3 Å². The molecule has 5 heteroatoms. The van der Waals surface area contributed by atoms with Gasteiger partial charge in [0.15, 0.2) is 0 Å². The number of aromatic nitrogens is 3. The number of fused-ring (bicyclic) bond motifs is 1. The van der Waals surface area contributed by atoms with Gasteiger partial charge < -0.3 is 4.74 Å². The zero-order valence-corrected chi connectivity index (χ0v) is 10.0. The maximum atomic E-state index is 5.76. The third-order valence-electron chi connectivity index (χ3n) is 2.40. The molecule has 0 saturated carbocycles. The lowest BCUT2D eigenvalue weighted by Gasteiger charge is -2.05. The molecule has 0 saturated heterocycles. The van der Waals surface area contributed by atoms with Crippen molar-refractivity contribution < 1.29 is 4.74 Å². The van der Waals surface area contributed by atoms with Crippen LogP contribution in [0, 0.1) is 0 Å². The van der Waals surface area contributed by atoms with E-state index in [0.717, 1.165) is 10.9 Å². The monoisotopic (exact) mass is 257 g/mol. The SMILES string of the molecule is Clc1cc(Oc2cnc3ccccc3c2)ncn1. The molecule has 0 atom stereocenters. The average Bonchev–Trinajstić information content (AvgIpc) is 2.39. The van der Waals surface area contributed by atoms with Gasteiger partial charge in [-0.2, -0.15) is 0 Å². The van der Waals surface area contributed by atoms with Gasteiger partial charge >= 0.3 is 0 Å². The predicted octanol–water partition coefficient (Wildman–Crippen LogP) is 3.47. The number of halogens is 1. The molecular formula is C13H8ClN3O. The fourth-order valence-corrected chi connectivity index (χ4v) is 1.74. The number of nitrogens with zero attached hydrogens (tertiary/aromatic N) is 3. The van der Waals surface area contributed by atoms with E-state index in [9.17, 15) is 0 Å². The molecule has 3 rings (SSSR count). The van der Waals surface area contributed by atoms with Gasteiger partial charge in [-0.05, 0) is 12.1 Å². The third-order valence-corrected chi connectivity index (χ3v) is 2.60. The van der Waals surface area contributed by atoms with Crippen LogP contribution in [0.3, 0.4) is 0 Å². The Labute approximate surface area is 108 Å². The van der Waals surface area contributed by atoms with E-state index < -0.39 is 0 Å². The minimum Gasteiger partial charge on any atom is -0.437 e. The first-order valence-electron chi connectivity index (χ1n) is 5.31. The molecule has 0 N–H and O–H groups in total. The summed E-state index contributed by atoms with van der Waals surface area (Å²) in [6.45, 7) is 0. The van der Waals surface area contributed by atoms with Crippen LogP contribution >= 0.6 is 11.6 Å². The summed E-state index contributed by atoms with van der Waals surface area (Å²) < 4.78 is 5.57. The van der Waals surface area contributed by atoms with E-state index in [4.69, 9.17) is 16.3 Å². The van der Waals surface area contributed by atoms with Crippen molar-refractivity contribution in [2.45, 2.75) is 0 Å². The van der Waals surface area contributed by atoms with Crippen molar-refractivity contribution in [3.8, 4) is 11.6 Å². The van der Waals surface area contributed by atoms with Crippen LogP contribution in [0.4, 0.5) is 0 Å². The minimum absolute atomic E-state index is 0.341. The molecule has 0 spiro atoms. The first-order chi connectivity index (χ1) is 8.81. The summed E-state index contributed by atoms with van der Waals surface area (Å²) in [5, 5.41) is 1.35. The van der Waals surface area contributed by atoms with Gasteiger partial charge in [-0.25, -0.2) is 9.97 Å². The fourth-order valence-electron chi connectivity index (χ4n) is 1.60. The molecule has 0 aliphatic rings. The summed E-state index contributed by atoms with van der Waals surface area (Å²) in [6, 6.07) is 11.3. The van der Waals surface area contributed by atoms with Gasteiger partial charge in [-0.15, -0.1) is 0 Å². The lowest BCUT2D eigenvalue weighted by atomic mass is 10.2. The molecule has 18 heavy (non-hydrogen) atoms. The highest BCUT2D eigenvalue weighted by Gasteiger charge is 2.02. The highest BCUT2D eigenvalue weighted by atomic mass is 35.5.